The Hall–Kier alpha value is -1.68. The quantitative estimate of drug-likeness (QED) is 0.480. The van der Waals surface area contributed by atoms with E-state index in [1.807, 2.05) is 0 Å². The first-order valence-corrected chi connectivity index (χ1v) is 7.29. The highest BCUT2D eigenvalue weighted by Gasteiger charge is 2.79. The van der Waals surface area contributed by atoms with Crippen LogP contribution in [0.1, 0.15) is 5.56 Å². The molecule has 0 bridgehead atoms. The van der Waals surface area contributed by atoms with Gasteiger partial charge in [0.25, 0.3) is 5.69 Å². The summed E-state index contributed by atoms with van der Waals surface area (Å²) in [6, 6.07) is 6.70. The molecule has 4 aliphatic carbocycles. The molecule has 4 aliphatic rings. The number of ether oxygens (including phenoxy) is 1. The molecule has 0 spiro atoms. The van der Waals surface area contributed by atoms with E-state index in [9.17, 15) is 10.1 Å². The molecule has 3 fully saturated rings. The predicted molar refractivity (Wildman–Crippen MR) is 71.8 cm³/mol. The Morgan fingerprint density at radius 2 is 1.75 bits per heavy atom. The van der Waals surface area contributed by atoms with Crippen molar-refractivity contribution in [2.24, 2.45) is 35.5 Å². The summed E-state index contributed by atoms with van der Waals surface area (Å²) in [4.78, 5) is 10.3. The van der Waals surface area contributed by atoms with Crippen LogP contribution in [0, 0.1) is 45.6 Å². The van der Waals surface area contributed by atoms with Crippen LogP contribution in [-0.2, 0) is 11.3 Å². The van der Waals surface area contributed by atoms with Gasteiger partial charge in [-0.1, -0.05) is 12.2 Å². The summed E-state index contributed by atoms with van der Waals surface area (Å²) in [5.74, 6) is 5.04. The van der Waals surface area contributed by atoms with E-state index in [0.29, 0.717) is 18.6 Å². The van der Waals surface area contributed by atoms with Crippen LogP contribution in [0.4, 0.5) is 5.69 Å². The molecule has 4 heteroatoms. The zero-order chi connectivity index (χ0) is 13.4. The zero-order valence-electron chi connectivity index (χ0n) is 10.9. The lowest BCUT2D eigenvalue weighted by atomic mass is 9.70. The van der Waals surface area contributed by atoms with Crippen LogP contribution in [0.3, 0.4) is 0 Å². The number of non-ortho nitro benzene ring substituents is 1. The largest absolute Gasteiger partial charge is 0.373 e. The fourth-order valence-corrected chi connectivity index (χ4v) is 5.09. The van der Waals surface area contributed by atoms with Crippen molar-refractivity contribution in [2.75, 3.05) is 0 Å². The van der Waals surface area contributed by atoms with E-state index in [4.69, 9.17) is 4.74 Å². The summed E-state index contributed by atoms with van der Waals surface area (Å²) >= 11 is 0. The average molecular weight is 269 g/mol. The lowest BCUT2D eigenvalue weighted by molar-refractivity contribution is -0.384. The molecule has 0 aromatic heterocycles. The third kappa shape index (κ3) is 1.21. The normalized spacial score (nSPS) is 45.1. The molecule has 0 saturated heterocycles. The molecular weight excluding hydrogens is 254 g/mol. The third-order valence-electron chi connectivity index (χ3n) is 5.87. The first-order chi connectivity index (χ1) is 9.75. The van der Waals surface area contributed by atoms with Crippen LogP contribution in [-0.4, -0.2) is 11.0 Å². The third-order valence-corrected chi connectivity index (χ3v) is 5.87. The molecule has 0 radical (unpaired) electrons. The molecule has 0 amide bonds. The maximum Gasteiger partial charge on any atom is 0.269 e. The van der Waals surface area contributed by atoms with Crippen LogP contribution in [0.25, 0.3) is 0 Å². The van der Waals surface area contributed by atoms with Gasteiger partial charge in [-0.2, -0.15) is 0 Å². The van der Waals surface area contributed by atoms with Gasteiger partial charge in [-0.15, -0.1) is 0 Å². The fourth-order valence-electron chi connectivity index (χ4n) is 5.09. The van der Waals surface area contributed by atoms with Crippen LogP contribution in [0.2, 0.25) is 0 Å². The SMILES string of the molecule is O=[N+]([O-])c1ccc(CO[C@@H]2[C@@H]3C=C[C@@H]4[C@H]3[C@H]3[C@@H]4[C@H]23)cc1. The highest BCUT2D eigenvalue weighted by atomic mass is 16.6. The number of fused-ring (bicyclic) bond motifs is 2. The molecule has 0 aliphatic heterocycles. The van der Waals surface area contributed by atoms with E-state index in [0.717, 1.165) is 35.2 Å². The predicted octanol–water partition coefficient (Wildman–Crippen LogP) is 2.79. The van der Waals surface area contributed by atoms with Crippen LogP contribution >= 0.6 is 0 Å². The van der Waals surface area contributed by atoms with Crippen LogP contribution < -0.4 is 0 Å². The van der Waals surface area contributed by atoms with Crippen molar-refractivity contribution >= 4 is 5.69 Å². The summed E-state index contributed by atoms with van der Waals surface area (Å²) in [6.07, 6.45) is 5.17. The molecule has 3 saturated carbocycles. The topological polar surface area (TPSA) is 52.4 Å². The van der Waals surface area contributed by atoms with E-state index < -0.39 is 0 Å². The van der Waals surface area contributed by atoms with Crippen molar-refractivity contribution < 1.29 is 9.66 Å². The Kier molecular flexibility index (Phi) is 1.93. The molecule has 0 N–H and O–H groups in total. The van der Waals surface area contributed by atoms with Gasteiger partial charge in [0.05, 0.1) is 17.6 Å². The van der Waals surface area contributed by atoms with Gasteiger partial charge in [-0.3, -0.25) is 10.1 Å². The van der Waals surface area contributed by atoms with Gasteiger partial charge >= 0.3 is 0 Å². The minimum Gasteiger partial charge on any atom is -0.373 e. The second kappa shape index (κ2) is 3.50. The van der Waals surface area contributed by atoms with Gasteiger partial charge in [0.2, 0.25) is 0 Å². The Bertz CT molecular complexity index is 623. The van der Waals surface area contributed by atoms with Crippen molar-refractivity contribution in [2.45, 2.75) is 12.7 Å². The fraction of sp³-hybridized carbons (Fsp3) is 0.500. The molecule has 7 atom stereocenters. The summed E-state index contributed by atoms with van der Waals surface area (Å²) in [5.41, 5.74) is 1.16. The van der Waals surface area contributed by atoms with E-state index in [1.165, 1.54) is 0 Å². The molecule has 5 rings (SSSR count). The van der Waals surface area contributed by atoms with E-state index in [-0.39, 0.29) is 10.6 Å². The minimum atomic E-state index is -0.368. The van der Waals surface area contributed by atoms with Crippen LogP contribution in [0.5, 0.6) is 0 Å². The molecule has 20 heavy (non-hydrogen) atoms. The Morgan fingerprint density at radius 1 is 1.00 bits per heavy atom. The van der Waals surface area contributed by atoms with E-state index in [2.05, 4.69) is 12.2 Å². The molecule has 0 heterocycles. The highest BCUT2D eigenvalue weighted by Crippen LogP contribution is 2.80. The van der Waals surface area contributed by atoms with E-state index >= 15 is 0 Å². The molecular formula is C16H15NO3. The Morgan fingerprint density at radius 3 is 2.50 bits per heavy atom. The maximum absolute atomic E-state index is 10.6. The number of rotatable bonds is 4. The lowest BCUT2D eigenvalue weighted by Gasteiger charge is -2.36. The summed E-state index contributed by atoms with van der Waals surface area (Å²) < 4.78 is 6.15. The molecule has 102 valence electrons. The van der Waals surface area contributed by atoms with Gasteiger partial charge in [0.15, 0.2) is 0 Å². The van der Waals surface area contributed by atoms with Gasteiger partial charge in [-0.25, -0.2) is 0 Å². The monoisotopic (exact) mass is 269 g/mol. The molecule has 4 nitrogen and oxygen atoms in total. The number of hydrogen-bond donors (Lipinski definition) is 0. The van der Waals surface area contributed by atoms with Crippen molar-refractivity contribution in [3.63, 3.8) is 0 Å². The summed E-state index contributed by atoms with van der Waals surface area (Å²) in [6.45, 7) is 0.570. The second-order valence-corrected chi connectivity index (χ2v) is 6.55. The highest BCUT2D eigenvalue weighted by molar-refractivity contribution is 5.36. The van der Waals surface area contributed by atoms with Crippen LogP contribution in [0.15, 0.2) is 36.4 Å². The molecule has 1 aromatic rings. The van der Waals surface area contributed by atoms with Gasteiger partial charge in [0, 0.05) is 18.1 Å². The number of nitro groups is 1. The van der Waals surface area contributed by atoms with Crippen molar-refractivity contribution in [1.82, 2.24) is 0 Å². The first-order valence-electron chi connectivity index (χ1n) is 7.29. The standard InChI is InChI=1S/C16H15NO3/c18-17(19)9-3-1-8(2-4-9)7-20-16-11-6-5-10-12(11)14-13(10)15(14)16/h1-6,10-16H,7H2/t10-,11-,12-,13-,14+,15+,16-/m1/s1. The van der Waals surface area contributed by atoms with Gasteiger partial charge in [0.1, 0.15) is 0 Å². The smallest absolute Gasteiger partial charge is 0.269 e. The van der Waals surface area contributed by atoms with Crippen molar-refractivity contribution in [3.05, 3.63) is 52.1 Å². The minimum absolute atomic E-state index is 0.139. The summed E-state index contributed by atoms with van der Waals surface area (Å²) in [7, 11) is 0. The first kappa shape index (κ1) is 11.0. The molecule has 0 unspecified atom stereocenters. The number of nitro benzene ring substituents is 1. The van der Waals surface area contributed by atoms with Crippen molar-refractivity contribution in [3.8, 4) is 0 Å². The number of hydrogen-bond acceptors (Lipinski definition) is 3. The number of allylic oxidation sites excluding steroid dienone is 1. The van der Waals surface area contributed by atoms with Gasteiger partial charge in [-0.05, 0) is 47.3 Å². The van der Waals surface area contributed by atoms with Crippen molar-refractivity contribution in [1.29, 1.82) is 0 Å². The number of benzene rings is 1. The zero-order valence-corrected chi connectivity index (χ0v) is 10.9. The lowest BCUT2D eigenvalue weighted by Crippen LogP contribution is -2.36. The maximum atomic E-state index is 10.6. The Labute approximate surface area is 116 Å². The number of nitrogens with zero attached hydrogens (tertiary/aromatic N) is 1. The summed E-state index contributed by atoms with van der Waals surface area (Å²) in [5, 5.41) is 10.6. The van der Waals surface area contributed by atoms with E-state index in [1.54, 1.807) is 24.3 Å². The second-order valence-electron chi connectivity index (χ2n) is 6.55. The average Bonchev–Trinajstić information content (AvgIpc) is 2.86. The van der Waals surface area contributed by atoms with Gasteiger partial charge < -0.3 is 4.74 Å². The molecule has 1 aromatic carbocycles. The Balaban J connectivity index is 1.28.